The summed E-state index contributed by atoms with van der Waals surface area (Å²) in [5.74, 6) is -0.407. The fourth-order valence-electron chi connectivity index (χ4n) is 0.470. The van der Waals surface area contributed by atoms with Gasteiger partial charge in [-0.05, 0) is 0 Å². The van der Waals surface area contributed by atoms with Crippen molar-refractivity contribution < 1.29 is 63.4 Å². The Morgan fingerprint density at radius 1 is 1.62 bits per heavy atom. The number of hydrogen-bond acceptors (Lipinski definition) is 3. The van der Waals surface area contributed by atoms with Crippen LogP contribution in [0.15, 0.2) is 18.3 Å². The van der Waals surface area contributed by atoms with E-state index in [1.165, 1.54) is 6.41 Å². The zero-order valence-corrected chi connectivity index (χ0v) is 14.4. The van der Waals surface area contributed by atoms with Crippen LogP contribution in [0.2, 0.25) is 0 Å². The molecule has 16 heavy (non-hydrogen) atoms. The number of hydrogen-bond donors (Lipinski definition) is 1. The Kier molecular flexibility index (Phi) is 19.9. The predicted octanol–water partition coefficient (Wildman–Crippen LogP) is 0.453. The van der Waals surface area contributed by atoms with Gasteiger partial charge in [-0.2, -0.15) is 6.42 Å². The molecule has 0 aliphatic heterocycles. The Labute approximate surface area is 135 Å². The van der Waals surface area contributed by atoms with Gasteiger partial charge in [-0.25, -0.2) is 25.1 Å². The Morgan fingerprint density at radius 2 is 2.25 bits per heavy atom. The molecule has 0 bridgehead atoms. The van der Waals surface area contributed by atoms with Gasteiger partial charge >= 0.3 is 0 Å². The van der Waals surface area contributed by atoms with Crippen LogP contribution in [0.4, 0.5) is 0 Å². The topological polar surface area (TPSA) is 59.1 Å². The largest absolute Gasteiger partial charge is 0.464 e. The molecule has 85 valence electrons. The molecule has 0 fully saturated rings. The van der Waals surface area contributed by atoms with E-state index >= 15 is 0 Å². The van der Waals surface area contributed by atoms with Gasteiger partial charge in [0.05, 0.1) is 6.41 Å². The van der Waals surface area contributed by atoms with Crippen molar-refractivity contribution in [2.45, 2.75) is 6.42 Å². The van der Waals surface area contributed by atoms with Crippen molar-refractivity contribution in [1.82, 2.24) is 10.3 Å². The van der Waals surface area contributed by atoms with E-state index < -0.39 is 5.91 Å². The molecule has 0 aliphatic rings. The molecule has 1 rings (SSSR count). The van der Waals surface area contributed by atoms with Gasteiger partial charge in [0.1, 0.15) is 0 Å². The number of imide groups is 1. The van der Waals surface area contributed by atoms with Crippen LogP contribution < -0.4 is 5.32 Å². The summed E-state index contributed by atoms with van der Waals surface area (Å²) >= 11 is 0. The normalized spacial score (nSPS) is 7.06. The van der Waals surface area contributed by atoms with E-state index in [2.05, 4.69) is 24.9 Å². The Bertz CT molecular complexity index is 283. The Balaban J connectivity index is -0.000000188. The van der Waals surface area contributed by atoms with Crippen LogP contribution in [0.1, 0.15) is 12.1 Å². The summed E-state index contributed by atoms with van der Waals surface area (Å²) in [5, 5.41) is 1.79. The number of nitrogens with one attached hydrogen (secondary N) is 1. The van der Waals surface area contributed by atoms with Crippen molar-refractivity contribution >= 4 is 12.3 Å². The fraction of sp³-hybridized carbons (Fsp3) is 0.100. The van der Waals surface area contributed by atoms with Crippen LogP contribution in [-0.4, -0.2) is 17.3 Å². The van der Waals surface area contributed by atoms with E-state index in [1.54, 1.807) is 23.6 Å². The van der Waals surface area contributed by atoms with Gasteiger partial charge < -0.3 is 26.8 Å². The predicted molar refractivity (Wildman–Crippen MR) is 51.3 cm³/mol. The van der Waals surface area contributed by atoms with Crippen molar-refractivity contribution in [2.24, 2.45) is 0 Å². The minimum atomic E-state index is -0.407. The van der Waals surface area contributed by atoms with E-state index in [0.717, 1.165) is 5.69 Å². The van der Waals surface area contributed by atoms with Gasteiger partial charge in [-0.1, -0.05) is 6.20 Å². The molecule has 0 atom stereocenters. The summed E-state index contributed by atoms with van der Waals surface area (Å²) in [4.78, 5) is 23.1. The molecule has 0 aliphatic carbocycles. The van der Waals surface area contributed by atoms with Gasteiger partial charge in [0.2, 0.25) is 0 Å². The standard InChI is InChI=1S/C6H5N.C4H5NO2.W.Y/c1-6-4-2-3-5-7-6;1-2-4(7)5-3-6;;/h2,4-5H,1H2;1-2H2,(H,5,6,7);;/q2*-2;;. The first kappa shape index (κ1) is 21.3. The van der Waals surface area contributed by atoms with E-state index in [1.807, 2.05) is 0 Å². The average molecular weight is 463 g/mol. The molecule has 0 saturated carbocycles. The summed E-state index contributed by atoms with van der Waals surface area (Å²) in [7, 11) is 0. The molecule has 0 saturated heterocycles. The third-order valence-electron chi connectivity index (χ3n) is 1.09. The van der Waals surface area contributed by atoms with Crippen molar-refractivity contribution in [2.75, 3.05) is 0 Å². The third-order valence-corrected chi connectivity index (χ3v) is 1.09. The maximum absolute atomic E-state index is 9.98. The molecule has 2 amide bonds. The molecule has 0 aromatic carbocycles. The minimum absolute atomic E-state index is 0. The van der Waals surface area contributed by atoms with Gasteiger partial charge in [-0.15, -0.1) is 5.69 Å². The van der Waals surface area contributed by atoms with Crippen molar-refractivity contribution in [3.8, 4) is 0 Å². The van der Waals surface area contributed by atoms with Gasteiger partial charge in [0.25, 0.3) is 0 Å². The number of aromatic nitrogens is 1. The summed E-state index contributed by atoms with van der Waals surface area (Å²) < 4.78 is 0. The second-order valence-corrected chi connectivity index (χ2v) is 2.15. The van der Waals surface area contributed by atoms with Crippen molar-refractivity contribution in [3.05, 3.63) is 43.9 Å². The number of pyridine rings is 1. The van der Waals surface area contributed by atoms with E-state index in [-0.39, 0.29) is 60.2 Å². The minimum Gasteiger partial charge on any atom is -0.464 e. The third kappa shape index (κ3) is 14.0. The smallest absolute Gasteiger partial charge is 0.0713 e. The second-order valence-electron chi connectivity index (χ2n) is 2.15. The van der Waals surface area contributed by atoms with E-state index in [4.69, 9.17) is 0 Å². The van der Waals surface area contributed by atoms with Crippen LogP contribution in [-0.2, 0) is 63.4 Å². The zero-order valence-electron chi connectivity index (χ0n) is 8.60. The Hall–Kier alpha value is -0.0478. The van der Waals surface area contributed by atoms with Gasteiger partial charge in [0.15, 0.2) is 0 Å². The number of rotatable bonds is 2. The van der Waals surface area contributed by atoms with Gasteiger partial charge in [-0.3, -0.25) is 0 Å². The summed E-state index contributed by atoms with van der Waals surface area (Å²) in [6.45, 7) is 6.80. The molecule has 4 nitrogen and oxygen atoms in total. The molecule has 1 heterocycles. The maximum Gasteiger partial charge on any atom is 0.0713 e. The number of carbonyl (C=O) groups is 1. The number of amides is 2. The first-order valence-corrected chi connectivity index (χ1v) is 3.80. The zero-order chi connectivity index (χ0) is 10.8. The van der Waals surface area contributed by atoms with Crippen LogP contribution in [0.3, 0.4) is 0 Å². The quantitative estimate of drug-likeness (QED) is 0.513. The summed E-state index contributed by atoms with van der Waals surface area (Å²) in [5.41, 5.74) is 0.791. The summed E-state index contributed by atoms with van der Waals surface area (Å²) in [6.07, 6.45) is 2.91. The second kappa shape index (κ2) is 15.0. The molecule has 6 heteroatoms. The molecule has 1 radical (unpaired) electrons. The van der Waals surface area contributed by atoms with Crippen LogP contribution in [0.25, 0.3) is 0 Å². The monoisotopic (exact) mass is 463 g/mol. The molecular formula is C10H10N2O2WY-4. The van der Waals surface area contributed by atoms with Crippen LogP contribution in [0.5, 0.6) is 0 Å². The molecule has 1 aromatic heterocycles. The van der Waals surface area contributed by atoms with Crippen LogP contribution >= 0.6 is 0 Å². The fourth-order valence-corrected chi connectivity index (χ4v) is 0.470. The van der Waals surface area contributed by atoms with Gasteiger partial charge in [0, 0.05) is 59.7 Å². The van der Waals surface area contributed by atoms with E-state index in [0.29, 0.717) is 0 Å². The number of nitrogens with zero attached hydrogens (tertiary/aromatic N) is 1. The average Bonchev–Trinajstić information content (AvgIpc) is 2.20. The number of carbonyl (C=O) groups excluding carboxylic acids is 2. The Morgan fingerprint density at radius 3 is 2.44 bits per heavy atom. The molecule has 1 N–H and O–H groups in total. The van der Waals surface area contributed by atoms with Crippen molar-refractivity contribution in [1.29, 1.82) is 0 Å². The summed E-state index contributed by atoms with van der Waals surface area (Å²) in [6, 6.07) is 6.37. The SMILES string of the molecule is [CH2-]CC(=O)N[C-]=O.[CH2-]c1cc[c-]cn1.[W].[Y]. The molecular weight excluding hydrogens is 453 g/mol. The van der Waals surface area contributed by atoms with Crippen LogP contribution in [0, 0.1) is 19.9 Å². The first-order valence-electron chi connectivity index (χ1n) is 3.80. The molecule has 0 spiro atoms. The van der Waals surface area contributed by atoms with Crippen molar-refractivity contribution in [3.63, 3.8) is 0 Å². The molecule has 1 aromatic rings. The molecule has 0 unspecified atom stereocenters. The maximum atomic E-state index is 9.98. The first-order chi connectivity index (χ1) is 6.70. The van der Waals surface area contributed by atoms with E-state index in [9.17, 15) is 9.59 Å².